The fourth-order valence-corrected chi connectivity index (χ4v) is 3.13. The summed E-state index contributed by atoms with van der Waals surface area (Å²) in [5.41, 5.74) is 1.16. The SMILES string of the molecule is CNC(Cc1ccc(Cl)cc1Cl)C(C)CSC. The molecule has 0 saturated carbocycles. The van der Waals surface area contributed by atoms with Gasteiger partial charge in [0.25, 0.3) is 0 Å². The molecule has 0 aliphatic heterocycles. The van der Waals surface area contributed by atoms with E-state index in [1.807, 2.05) is 37.0 Å². The standard InChI is InChI=1S/C13H19Cl2NS/c1-9(8-17-3)13(16-2)6-10-4-5-11(14)7-12(10)15/h4-5,7,9,13,16H,6,8H2,1-3H3. The lowest BCUT2D eigenvalue weighted by Gasteiger charge is -2.23. The molecule has 0 saturated heterocycles. The second-order valence-corrected chi connectivity index (χ2v) is 6.02. The van der Waals surface area contributed by atoms with Gasteiger partial charge in [0.2, 0.25) is 0 Å². The Bertz CT molecular complexity index is 357. The molecule has 4 heteroatoms. The number of benzene rings is 1. The predicted octanol–water partition coefficient (Wildman–Crippen LogP) is 4.12. The molecule has 0 radical (unpaired) electrons. The first-order valence-corrected chi connectivity index (χ1v) is 7.83. The van der Waals surface area contributed by atoms with E-state index in [-0.39, 0.29) is 0 Å². The van der Waals surface area contributed by atoms with Crippen LogP contribution in [0.3, 0.4) is 0 Å². The maximum atomic E-state index is 6.19. The van der Waals surface area contributed by atoms with Gasteiger partial charge in [0.05, 0.1) is 0 Å². The highest BCUT2D eigenvalue weighted by atomic mass is 35.5. The fourth-order valence-electron chi connectivity index (χ4n) is 1.89. The number of nitrogens with one attached hydrogen (secondary N) is 1. The van der Waals surface area contributed by atoms with Crippen LogP contribution in [0.1, 0.15) is 12.5 Å². The van der Waals surface area contributed by atoms with E-state index < -0.39 is 0 Å². The van der Waals surface area contributed by atoms with E-state index in [0.29, 0.717) is 17.0 Å². The summed E-state index contributed by atoms with van der Waals surface area (Å²) >= 11 is 14.0. The first-order valence-electron chi connectivity index (χ1n) is 5.68. The number of thioether (sulfide) groups is 1. The van der Waals surface area contributed by atoms with Crippen LogP contribution in [0.4, 0.5) is 0 Å². The van der Waals surface area contributed by atoms with Gasteiger partial charge in [-0.1, -0.05) is 36.2 Å². The van der Waals surface area contributed by atoms with Crippen LogP contribution >= 0.6 is 35.0 Å². The molecule has 0 heterocycles. The van der Waals surface area contributed by atoms with Gasteiger partial charge >= 0.3 is 0 Å². The molecule has 0 bridgehead atoms. The first kappa shape index (κ1) is 15.2. The highest BCUT2D eigenvalue weighted by molar-refractivity contribution is 7.98. The van der Waals surface area contributed by atoms with Crippen LogP contribution in [0, 0.1) is 5.92 Å². The van der Waals surface area contributed by atoms with Gasteiger partial charge < -0.3 is 5.32 Å². The smallest absolute Gasteiger partial charge is 0.0453 e. The molecule has 0 aliphatic rings. The second-order valence-electron chi connectivity index (χ2n) is 4.27. The quantitative estimate of drug-likeness (QED) is 0.846. The lowest BCUT2D eigenvalue weighted by atomic mass is 9.96. The van der Waals surface area contributed by atoms with Crippen LogP contribution in [0.25, 0.3) is 0 Å². The van der Waals surface area contributed by atoms with E-state index >= 15 is 0 Å². The number of hydrogen-bond donors (Lipinski definition) is 1. The van der Waals surface area contributed by atoms with Crippen molar-refractivity contribution in [3.63, 3.8) is 0 Å². The van der Waals surface area contributed by atoms with Gasteiger partial charge in [0.15, 0.2) is 0 Å². The number of likely N-dealkylation sites (N-methyl/N-ethyl adjacent to an activating group) is 1. The fraction of sp³-hybridized carbons (Fsp3) is 0.538. The topological polar surface area (TPSA) is 12.0 Å². The van der Waals surface area contributed by atoms with E-state index in [2.05, 4.69) is 18.5 Å². The summed E-state index contributed by atoms with van der Waals surface area (Å²) in [6, 6.07) is 6.17. The maximum Gasteiger partial charge on any atom is 0.0453 e. The van der Waals surface area contributed by atoms with Gasteiger partial charge in [0.1, 0.15) is 0 Å². The van der Waals surface area contributed by atoms with Gasteiger partial charge in [-0.05, 0) is 49.1 Å². The van der Waals surface area contributed by atoms with Gasteiger partial charge in [-0.15, -0.1) is 0 Å². The second kappa shape index (κ2) is 7.52. The number of hydrogen-bond acceptors (Lipinski definition) is 2. The highest BCUT2D eigenvalue weighted by Crippen LogP contribution is 2.24. The average molecular weight is 292 g/mol. The highest BCUT2D eigenvalue weighted by Gasteiger charge is 2.16. The largest absolute Gasteiger partial charge is 0.316 e. The third kappa shape index (κ3) is 4.70. The normalized spacial score (nSPS) is 14.6. The zero-order valence-electron chi connectivity index (χ0n) is 10.5. The van der Waals surface area contributed by atoms with E-state index in [1.54, 1.807) is 0 Å². The molecular weight excluding hydrogens is 273 g/mol. The Morgan fingerprint density at radius 2 is 2.06 bits per heavy atom. The van der Waals surface area contributed by atoms with Crippen molar-refractivity contribution >= 4 is 35.0 Å². The Morgan fingerprint density at radius 1 is 1.35 bits per heavy atom. The molecular formula is C13H19Cl2NS. The zero-order valence-corrected chi connectivity index (χ0v) is 12.8. The summed E-state index contributed by atoms with van der Waals surface area (Å²) in [6.07, 6.45) is 3.08. The Labute approximate surface area is 118 Å². The first-order chi connectivity index (χ1) is 8.08. The molecule has 0 fully saturated rings. The Morgan fingerprint density at radius 3 is 2.59 bits per heavy atom. The summed E-state index contributed by atoms with van der Waals surface area (Å²) < 4.78 is 0. The van der Waals surface area contributed by atoms with Crippen LogP contribution in [0.5, 0.6) is 0 Å². The monoisotopic (exact) mass is 291 g/mol. The van der Waals surface area contributed by atoms with Crippen LogP contribution < -0.4 is 5.32 Å². The summed E-state index contributed by atoms with van der Waals surface area (Å²) in [4.78, 5) is 0. The van der Waals surface area contributed by atoms with E-state index in [0.717, 1.165) is 22.8 Å². The maximum absolute atomic E-state index is 6.19. The average Bonchev–Trinajstić information content (AvgIpc) is 2.28. The summed E-state index contributed by atoms with van der Waals surface area (Å²) in [7, 11) is 2.01. The Kier molecular flexibility index (Phi) is 6.71. The molecule has 1 aromatic rings. The molecule has 1 nitrogen and oxygen atoms in total. The Hall–Kier alpha value is 0.110. The van der Waals surface area contributed by atoms with Crippen molar-refractivity contribution in [2.75, 3.05) is 19.1 Å². The molecule has 0 amide bonds. The summed E-state index contributed by atoms with van der Waals surface area (Å²) in [5, 5.41) is 4.82. The predicted molar refractivity (Wildman–Crippen MR) is 80.6 cm³/mol. The third-order valence-corrected chi connectivity index (χ3v) is 4.39. The van der Waals surface area contributed by atoms with Crippen LogP contribution in [-0.2, 0) is 6.42 Å². The summed E-state index contributed by atoms with van der Waals surface area (Å²) in [6.45, 7) is 2.27. The number of halogens is 2. The van der Waals surface area contributed by atoms with Crippen LogP contribution in [-0.4, -0.2) is 25.1 Å². The number of rotatable bonds is 6. The van der Waals surface area contributed by atoms with E-state index in [1.165, 1.54) is 0 Å². The van der Waals surface area contributed by atoms with E-state index in [4.69, 9.17) is 23.2 Å². The van der Waals surface area contributed by atoms with Crippen molar-refractivity contribution in [3.05, 3.63) is 33.8 Å². The minimum Gasteiger partial charge on any atom is -0.316 e. The van der Waals surface area contributed by atoms with Gasteiger partial charge in [-0.2, -0.15) is 11.8 Å². The van der Waals surface area contributed by atoms with Crippen LogP contribution in [0.15, 0.2) is 18.2 Å². The molecule has 0 aromatic heterocycles. The minimum absolute atomic E-state index is 0.445. The molecule has 17 heavy (non-hydrogen) atoms. The molecule has 96 valence electrons. The molecule has 0 spiro atoms. The van der Waals surface area contributed by atoms with E-state index in [9.17, 15) is 0 Å². The molecule has 1 aromatic carbocycles. The van der Waals surface area contributed by atoms with Crippen LogP contribution in [0.2, 0.25) is 10.0 Å². The third-order valence-electron chi connectivity index (χ3n) is 2.94. The molecule has 1 N–H and O–H groups in total. The lowest BCUT2D eigenvalue weighted by molar-refractivity contribution is 0.430. The van der Waals surface area contributed by atoms with Gasteiger partial charge in [0, 0.05) is 16.1 Å². The van der Waals surface area contributed by atoms with Crippen molar-refractivity contribution in [1.29, 1.82) is 0 Å². The molecule has 0 aliphatic carbocycles. The zero-order chi connectivity index (χ0) is 12.8. The molecule has 1 rings (SSSR count). The minimum atomic E-state index is 0.445. The summed E-state index contributed by atoms with van der Waals surface area (Å²) in [5.74, 6) is 1.76. The van der Waals surface area contributed by atoms with Crippen molar-refractivity contribution in [1.82, 2.24) is 5.32 Å². The van der Waals surface area contributed by atoms with Gasteiger partial charge in [-0.25, -0.2) is 0 Å². The van der Waals surface area contributed by atoms with Crippen molar-refractivity contribution < 1.29 is 0 Å². The molecule has 2 atom stereocenters. The molecule has 2 unspecified atom stereocenters. The Balaban J connectivity index is 2.73. The van der Waals surface area contributed by atoms with Gasteiger partial charge in [-0.3, -0.25) is 0 Å². The van der Waals surface area contributed by atoms with Crippen molar-refractivity contribution in [2.24, 2.45) is 5.92 Å². The van der Waals surface area contributed by atoms with Crippen molar-refractivity contribution in [3.8, 4) is 0 Å². The lowest BCUT2D eigenvalue weighted by Crippen LogP contribution is -2.35. The van der Waals surface area contributed by atoms with Crippen molar-refractivity contribution in [2.45, 2.75) is 19.4 Å².